The van der Waals surface area contributed by atoms with Gasteiger partial charge in [-0.3, -0.25) is 4.90 Å². The van der Waals surface area contributed by atoms with Gasteiger partial charge in [0.25, 0.3) is 0 Å². The van der Waals surface area contributed by atoms with E-state index in [0.29, 0.717) is 18.7 Å². The highest BCUT2D eigenvalue weighted by atomic mass is 32.2. The fraction of sp³-hybridized carbons (Fsp3) is 0.316. The maximum Gasteiger partial charge on any atom is 0.322 e. The lowest BCUT2D eigenvalue weighted by Crippen LogP contribution is -2.45. The molecular weight excluding hydrogens is 370 g/mol. The number of aromatic nitrogens is 1. The Morgan fingerprint density at radius 1 is 1.15 bits per heavy atom. The van der Waals surface area contributed by atoms with Crippen LogP contribution in [-0.2, 0) is 13.1 Å². The van der Waals surface area contributed by atoms with Gasteiger partial charge < -0.3 is 14.8 Å². The molecule has 2 amide bonds. The number of halogens is 2. The number of nitrogens with one attached hydrogen (secondary N) is 1. The second-order valence-electron chi connectivity index (χ2n) is 6.71. The first-order valence-corrected chi connectivity index (χ1v) is 9.67. The van der Waals surface area contributed by atoms with Crippen molar-refractivity contribution in [2.75, 3.05) is 13.1 Å². The van der Waals surface area contributed by atoms with E-state index in [1.54, 1.807) is 16.7 Å². The zero-order valence-corrected chi connectivity index (χ0v) is 15.7. The number of hydrogen-bond donors (Lipinski definition) is 1. The van der Waals surface area contributed by atoms with E-state index in [0.717, 1.165) is 29.9 Å². The minimum absolute atomic E-state index is 0.0839. The van der Waals surface area contributed by atoms with Crippen LogP contribution in [0.25, 0.3) is 0 Å². The van der Waals surface area contributed by atoms with Gasteiger partial charge in [-0.1, -0.05) is 17.8 Å². The van der Waals surface area contributed by atoms with Crippen molar-refractivity contribution >= 4 is 17.8 Å². The van der Waals surface area contributed by atoms with Gasteiger partial charge in [0.05, 0.1) is 0 Å². The molecule has 1 atom stereocenters. The molecule has 2 aromatic rings. The number of aromatic amines is 1. The highest BCUT2D eigenvalue weighted by Gasteiger charge is 2.39. The number of urea groups is 1. The smallest absolute Gasteiger partial charge is 0.322 e. The molecule has 1 saturated heterocycles. The number of carbonyl (C=O) groups excluding carboxylic acids is 1. The Bertz CT molecular complexity index is 871. The van der Waals surface area contributed by atoms with Crippen LogP contribution in [0.2, 0.25) is 0 Å². The van der Waals surface area contributed by atoms with Crippen LogP contribution in [0.4, 0.5) is 13.6 Å². The third-order valence-corrected chi connectivity index (χ3v) is 6.08. The molecule has 1 unspecified atom stereocenters. The van der Waals surface area contributed by atoms with Crippen molar-refractivity contribution in [3.63, 3.8) is 0 Å². The minimum Gasteiger partial charge on any atom is -0.367 e. The number of carbonyl (C=O) groups is 1. The van der Waals surface area contributed by atoms with Crippen molar-refractivity contribution in [1.82, 2.24) is 19.7 Å². The molecule has 5 nitrogen and oxygen atoms in total. The third-order valence-electron chi connectivity index (χ3n) is 4.85. The normalized spacial score (nSPS) is 20.0. The molecule has 3 heterocycles. The summed E-state index contributed by atoms with van der Waals surface area (Å²) in [6.07, 6.45) is 3.84. The molecule has 0 aliphatic carbocycles. The van der Waals surface area contributed by atoms with Gasteiger partial charge in [0.1, 0.15) is 0 Å². The lowest BCUT2D eigenvalue weighted by molar-refractivity contribution is 0.149. The Labute approximate surface area is 160 Å². The number of benzene rings is 1. The summed E-state index contributed by atoms with van der Waals surface area (Å²) < 4.78 is 26.5. The average molecular weight is 390 g/mol. The summed E-state index contributed by atoms with van der Waals surface area (Å²) in [5, 5.41) is 2.07. The molecular formula is C19H20F2N4OS. The fourth-order valence-corrected chi connectivity index (χ4v) is 4.57. The largest absolute Gasteiger partial charge is 0.367 e. The summed E-state index contributed by atoms with van der Waals surface area (Å²) in [6, 6.07) is 5.71. The summed E-state index contributed by atoms with van der Waals surface area (Å²) in [5.41, 5.74) is 2.77. The van der Waals surface area contributed by atoms with Crippen LogP contribution in [-0.4, -0.2) is 44.3 Å². The number of nitrogens with zero attached hydrogens (tertiary/aromatic N) is 3. The Morgan fingerprint density at radius 3 is 2.74 bits per heavy atom. The van der Waals surface area contributed by atoms with Crippen molar-refractivity contribution < 1.29 is 13.6 Å². The van der Waals surface area contributed by atoms with Crippen LogP contribution >= 0.6 is 11.8 Å². The molecule has 4 rings (SSSR count). The van der Waals surface area contributed by atoms with Crippen molar-refractivity contribution in [3.8, 4) is 0 Å². The summed E-state index contributed by atoms with van der Waals surface area (Å²) in [4.78, 5) is 21.7. The number of allylic oxidation sites excluding steroid dienone is 1. The lowest BCUT2D eigenvalue weighted by Gasteiger charge is -2.33. The lowest BCUT2D eigenvalue weighted by atomic mass is 10.2. The van der Waals surface area contributed by atoms with E-state index in [4.69, 9.17) is 0 Å². The van der Waals surface area contributed by atoms with Gasteiger partial charge in [-0.15, -0.1) is 0 Å². The van der Waals surface area contributed by atoms with Crippen LogP contribution < -0.4 is 0 Å². The molecule has 0 bridgehead atoms. The van der Waals surface area contributed by atoms with Gasteiger partial charge >= 0.3 is 6.03 Å². The van der Waals surface area contributed by atoms with Gasteiger partial charge in [0, 0.05) is 44.3 Å². The number of amides is 2. The number of thioether (sulfide) groups is 1. The Morgan fingerprint density at radius 2 is 2.00 bits per heavy atom. The first-order chi connectivity index (χ1) is 13.0. The van der Waals surface area contributed by atoms with E-state index in [1.807, 2.05) is 30.3 Å². The zero-order chi connectivity index (χ0) is 19.0. The van der Waals surface area contributed by atoms with E-state index < -0.39 is 11.6 Å². The van der Waals surface area contributed by atoms with Gasteiger partial charge in [0.2, 0.25) is 0 Å². The second kappa shape index (κ2) is 7.26. The van der Waals surface area contributed by atoms with Gasteiger partial charge in [-0.25, -0.2) is 13.6 Å². The van der Waals surface area contributed by atoms with Crippen molar-refractivity contribution in [2.45, 2.75) is 25.5 Å². The van der Waals surface area contributed by atoms with Crippen molar-refractivity contribution in [2.24, 2.45) is 0 Å². The molecule has 142 valence electrons. The average Bonchev–Trinajstić information content (AvgIpc) is 3.36. The maximum atomic E-state index is 13.4. The Balaban J connectivity index is 1.45. The SMILES string of the molecule is CC1=CSC(N2CCN(Cc3ccc(F)c(F)c3)C2=O)N1Cc1cc[nH]c1. The van der Waals surface area contributed by atoms with Crippen LogP contribution in [0, 0.1) is 11.6 Å². The van der Waals surface area contributed by atoms with E-state index >= 15 is 0 Å². The van der Waals surface area contributed by atoms with Gasteiger partial charge in [0.15, 0.2) is 17.1 Å². The molecule has 8 heteroatoms. The number of rotatable bonds is 5. The van der Waals surface area contributed by atoms with Gasteiger partial charge in [-0.2, -0.15) is 0 Å². The van der Waals surface area contributed by atoms with Crippen LogP contribution in [0.1, 0.15) is 18.1 Å². The highest BCUT2D eigenvalue weighted by molar-refractivity contribution is 8.02. The van der Waals surface area contributed by atoms with Gasteiger partial charge in [-0.05, 0) is 41.7 Å². The number of H-pyrrole nitrogens is 1. The topological polar surface area (TPSA) is 42.6 Å². The summed E-state index contributed by atoms with van der Waals surface area (Å²) in [6.45, 7) is 4.20. The fourth-order valence-electron chi connectivity index (χ4n) is 3.38. The Hall–Kier alpha value is -2.48. The molecule has 27 heavy (non-hydrogen) atoms. The molecule has 2 aliphatic rings. The molecule has 0 radical (unpaired) electrons. The summed E-state index contributed by atoms with van der Waals surface area (Å²) >= 11 is 1.62. The molecule has 0 saturated carbocycles. The monoisotopic (exact) mass is 390 g/mol. The van der Waals surface area contributed by atoms with Crippen LogP contribution in [0.15, 0.2) is 47.8 Å². The van der Waals surface area contributed by atoms with E-state index in [1.165, 1.54) is 6.07 Å². The molecule has 0 spiro atoms. The van der Waals surface area contributed by atoms with Crippen molar-refractivity contribution in [1.29, 1.82) is 0 Å². The van der Waals surface area contributed by atoms with E-state index in [9.17, 15) is 13.6 Å². The molecule has 1 aromatic heterocycles. The maximum absolute atomic E-state index is 13.4. The second-order valence-corrected chi connectivity index (χ2v) is 7.64. The van der Waals surface area contributed by atoms with Crippen molar-refractivity contribution in [3.05, 3.63) is 70.5 Å². The standard InChI is InChI=1S/C19H20F2N4OS/c1-13-12-27-19(25(13)11-15-4-5-22-9-15)24-7-6-23(18(24)26)10-14-2-3-16(20)17(21)8-14/h2-5,8-9,12,19,22H,6-7,10-11H2,1H3. The third kappa shape index (κ3) is 3.53. The molecule has 1 N–H and O–H groups in total. The predicted molar refractivity (Wildman–Crippen MR) is 100 cm³/mol. The zero-order valence-electron chi connectivity index (χ0n) is 14.9. The predicted octanol–water partition coefficient (Wildman–Crippen LogP) is 3.92. The highest BCUT2D eigenvalue weighted by Crippen LogP contribution is 2.36. The molecule has 1 fully saturated rings. The summed E-state index contributed by atoms with van der Waals surface area (Å²) in [5.74, 6) is -1.77. The Kier molecular flexibility index (Phi) is 4.82. The van der Waals surface area contributed by atoms with E-state index in [-0.39, 0.29) is 18.1 Å². The van der Waals surface area contributed by atoms with E-state index in [2.05, 4.69) is 15.3 Å². The minimum atomic E-state index is -0.889. The molecule has 2 aliphatic heterocycles. The first kappa shape index (κ1) is 17.9. The summed E-state index contributed by atoms with van der Waals surface area (Å²) in [7, 11) is 0. The molecule has 1 aromatic carbocycles. The first-order valence-electron chi connectivity index (χ1n) is 8.73. The van der Waals surface area contributed by atoms with Crippen LogP contribution in [0.3, 0.4) is 0 Å². The van der Waals surface area contributed by atoms with Crippen LogP contribution in [0.5, 0.6) is 0 Å². The number of hydrogen-bond acceptors (Lipinski definition) is 3. The quantitative estimate of drug-likeness (QED) is 0.841.